The van der Waals surface area contributed by atoms with Crippen molar-refractivity contribution in [1.29, 1.82) is 0 Å². The highest BCUT2D eigenvalue weighted by atomic mass is 16.5. The van der Waals surface area contributed by atoms with Crippen LogP contribution in [-0.2, 0) is 23.9 Å². The largest absolute Gasteiger partial charge is 0.481 e. The van der Waals surface area contributed by atoms with E-state index in [4.69, 9.17) is 4.74 Å². The SMILES string of the molecule is CC(=O)C(C(=O)O)C(OCCC(C)C)(C(=O)O)C(CCC(C)C)(CCC(C)C)C(=O)O. The van der Waals surface area contributed by atoms with Gasteiger partial charge in [0.2, 0.25) is 5.60 Å². The fourth-order valence-corrected chi connectivity index (χ4v) is 3.92. The first-order valence-corrected chi connectivity index (χ1v) is 11.0. The third-order valence-corrected chi connectivity index (χ3v) is 5.82. The fourth-order valence-electron chi connectivity index (χ4n) is 3.92. The maximum Gasteiger partial charge on any atom is 0.338 e. The van der Waals surface area contributed by atoms with E-state index >= 15 is 0 Å². The van der Waals surface area contributed by atoms with Crippen molar-refractivity contribution in [2.24, 2.45) is 29.1 Å². The highest BCUT2D eigenvalue weighted by Crippen LogP contribution is 2.50. The van der Waals surface area contributed by atoms with Gasteiger partial charge in [0.25, 0.3) is 0 Å². The van der Waals surface area contributed by atoms with Gasteiger partial charge < -0.3 is 20.1 Å². The molecule has 0 aliphatic heterocycles. The van der Waals surface area contributed by atoms with E-state index in [0.717, 1.165) is 6.92 Å². The number of carbonyl (C=O) groups excluding carboxylic acids is 1. The Labute approximate surface area is 185 Å². The lowest BCUT2D eigenvalue weighted by Crippen LogP contribution is -2.67. The fraction of sp³-hybridized carbons (Fsp3) is 0.826. The molecule has 180 valence electrons. The minimum absolute atomic E-state index is 0.0422. The van der Waals surface area contributed by atoms with E-state index in [1.165, 1.54) is 0 Å². The average Bonchev–Trinajstić information content (AvgIpc) is 2.59. The first-order chi connectivity index (χ1) is 14.2. The van der Waals surface area contributed by atoms with Gasteiger partial charge in [-0.2, -0.15) is 0 Å². The average molecular weight is 445 g/mol. The van der Waals surface area contributed by atoms with Gasteiger partial charge in [0.1, 0.15) is 11.2 Å². The molecule has 2 atom stereocenters. The zero-order valence-electron chi connectivity index (χ0n) is 19.9. The quantitative estimate of drug-likeness (QED) is 0.302. The van der Waals surface area contributed by atoms with Gasteiger partial charge >= 0.3 is 17.9 Å². The predicted octanol–water partition coefficient (Wildman–Crippen LogP) is 4.11. The van der Waals surface area contributed by atoms with Gasteiger partial charge in [-0.05, 0) is 56.8 Å². The van der Waals surface area contributed by atoms with E-state index < -0.39 is 40.6 Å². The van der Waals surface area contributed by atoms with Crippen molar-refractivity contribution in [3.8, 4) is 0 Å². The summed E-state index contributed by atoms with van der Waals surface area (Å²) >= 11 is 0. The van der Waals surface area contributed by atoms with E-state index in [1.807, 2.05) is 41.5 Å². The molecule has 0 heterocycles. The lowest BCUT2D eigenvalue weighted by atomic mass is 9.59. The second-order valence-corrected chi connectivity index (χ2v) is 9.71. The smallest absolute Gasteiger partial charge is 0.338 e. The molecule has 0 aromatic carbocycles. The topological polar surface area (TPSA) is 138 Å². The second kappa shape index (κ2) is 12.2. The Morgan fingerprint density at radius 1 is 0.742 bits per heavy atom. The van der Waals surface area contributed by atoms with Crippen LogP contribution in [-0.4, -0.2) is 51.2 Å². The van der Waals surface area contributed by atoms with Gasteiger partial charge in [0, 0.05) is 6.61 Å². The minimum atomic E-state index is -2.73. The van der Waals surface area contributed by atoms with E-state index in [1.54, 1.807) is 0 Å². The molecule has 0 aromatic rings. The first kappa shape index (κ1) is 29.0. The van der Waals surface area contributed by atoms with Crippen molar-refractivity contribution in [3.05, 3.63) is 0 Å². The maximum absolute atomic E-state index is 12.8. The Balaban J connectivity index is 7.09. The van der Waals surface area contributed by atoms with Gasteiger partial charge in [0.05, 0.1) is 0 Å². The summed E-state index contributed by atoms with van der Waals surface area (Å²) in [6.07, 6.45) is 0.854. The standard InChI is InChI=1S/C23H40O8/c1-14(2)8-11-22(20(27)28,12-9-15(3)4)23(21(29)30,31-13-10-16(5)6)18(17(7)24)19(25)26/h14-16,18H,8-13H2,1-7H3,(H,25,26)(H,27,28)(H,29,30). The Morgan fingerprint density at radius 2 is 1.16 bits per heavy atom. The van der Waals surface area contributed by atoms with Crippen LogP contribution in [0, 0.1) is 29.1 Å². The molecule has 0 bridgehead atoms. The van der Waals surface area contributed by atoms with Crippen LogP contribution >= 0.6 is 0 Å². The van der Waals surface area contributed by atoms with E-state index in [2.05, 4.69) is 0 Å². The number of hydrogen-bond donors (Lipinski definition) is 3. The molecule has 31 heavy (non-hydrogen) atoms. The number of rotatable bonds is 16. The number of carbonyl (C=O) groups is 4. The zero-order valence-corrected chi connectivity index (χ0v) is 19.9. The van der Waals surface area contributed by atoms with Gasteiger partial charge in [-0.3, -0.25) is 14.4 Å². The second-order valence-electron chi connectivity index (χ2n) is 9.71. The van der Waals surface area contributed by atoms with Crippen molar-refractivity contribution in [1.82, 2.24) is 0 Å². The summed E-state index contributed by atoms with van der Waals surface area (Å²) in [6.45, 7) is 12.1. The van der Waals surface area contributed by atoms with Gasteiger partial charge in [-0.25, -0.2) is 4.79 Å². The molecule has 0 aliphatic rings. The molecule has 3 N–H and O–H groups in total. The van der Waals surface area contributed by atoms with Crippen LogP contribution in [0.5, 0.6) is 0 Å². The van der Waals surface area contributed by atoms with Crippen molar-refractivity contribution in [3.63, 3.8) is 0 Å². The Kier molecular flexibility index (Phi) is 11.4. The lowest BCUT2D eigenvalue weighted by molar-refractivity contribution is -0.220. The third-order valence-electron chi connectivity index (χ3n) is 5.82. The summed E-state index contributed by atoms with van der Waals surface area (Å²) < 4.78 is 5.80. The van der Waals surface area contributed by atoms with Crippen molar-refractivity contribution in [2.45, 2.75) is 86.2 Å². The van der Waals surface area contributed by atoms with Gasteiger partial charge in [-0.15, -0.1) is 0 Å². The predicted molar refractivity (Wildman–Crippen MR) is 116 cm³/mol. The molecule has 2 unspecified atom stereocenters. The molecule has 0 aromatic heterocycles. The summed E-state index contributed by atoms with van der Waals surface area (Å²) in [5.74, 6) is -7.77. The molecule has 0 saturated carbocycles. The van der Waals surface area contributed by atoms with Crippen molar-refractivity contribution in [2.75, 3.05) is 6.61 Å². The maximum atomic E-state index is 12.8. The summed E-state index contributed by atoms with van der Waals surface area (Å²) in [5.41, 5.74) is -4.81. The molecule has 8 nitrogen and oxygen atoms in total. The zero-order chi connectivity index (χ0) is 24.6. The lowest BCUT2D eigenvalue weighted by Gasteiger charge is -2.47. The molecule has 0 fully saturated rings. The normalized spacial score (nSPS) is 15.2. The number of carboxylic acid groups (broad SMARTS) is 3. The van der Waals surface area contributed by atoms with Crippen LogP contribution < -0.4 is 0 Å². The molecule has 0 amide bonds. The molecule has 0 rings (SSSR count). The molecule has 0 spiro atoms. The van der Waals surface area contributed by atoms with E-state index in [-0.39, 0.29) is 37.2 Å². The summed E-state index contributed by atoms with van der Waals surface area (Å²) in [4.78, 5) is 50.2. The Hall–Kier alpha value is -1.96. The van der Waals surface area contributed by atoms with Gasteiger partial charge in [0.15, 0.2) is 5.92 Å². The van der Waals surface area contributed by atoms with Crippen LogP contribution in [0.15, 0.2) is 0 Å². The van der Waals surface area contributed by atoms with Crippen LogP contribution in [0.1, 0.15) is 80.6 Å². The van der Waals surface area contributed by atoms with Crippen LogP contribution in [0.4, 0.5) is 0 Å². The summed E-state index contributed by atoms with van der Waals surface area (Å²) in [7, 11) is 0. The van der Waals surface area contributed by atoms with E-state index in [0.29, 0.717) is 19.3 Å². The number of aliphatic carboxylic acids is 3. The highest BCUT2D eigenvalue weighted by molar-refractivity contribution is 6.06. The van der Waals surface area contributed by atoms with Crippen molar-refractivity contribution < 1.29 is 39.2 Å². The van der Waals surface area contributed by atoms with Gasteiger partial charge in [-0.1, -0.05) is 41.5 Å². The Morgan fingerprint density at radius 3 is 1.42 bits per heavy atom. The number of ketones is 1. The monoisotopic (exact) mass is 444 g/mol. The number of carboxylic acids is 3. The minimum Gasteiger partial charge on any atom is -0.481 e. The molecule has 8 heteroatoms. The number of Topliss-reactive ketones (excluding diaryl/α,β-unsaturated/α-hetero) is 1. The van der Waals surface area contributed by atoms with Crippen LogP contribution in [0.3, 0.4) is 0 Å². The van der Waals surface area contributed by atoms with Crippen LogP contribution in [0.25, 0.3) is 0 Å². The third kappa shape index (κ3) is 7.02. The first-order valence-electron chi connectivity index (χ1n) is 11.0. The van der Waals surface area contributed by atoms with E-state index in [9.17, 15) is 34.5 Å². The number of hydrogen-bond acceptors (Lipinski definition) is 5. The highest BCUT2D eigenvalue weighted by Gasteiger charge is 2.69. The summed E-state index contributed by atoms with van der Waals surface area (Å²) in [6, 6.07) is 0. The Bertz CT molecular complexity index is 611. The summed E-state index contributed by atoms with van der Waals surface area (Å²) in [5, 5.41) is 30.7. The molecular formula is C23H40O8. The number of ether oxygens (including phenoxy) is 1. The molecule has 0 aliphatic carbocycles. The van der Waals surface area contributed by atoms with Crippen LogP contribution in [0.2, 0.25) is 0 Å². The van der Waals surface area contributed by atoms with Crippen molar-refractivity contribution >= 4 is 23.7 Å². The molecule has 0 saturated heterocycles. The molecular weight excluding hydrogens is 404 g/mol. The molecule has 0 radical (unpaired) electrons.